The van der Waals surface area contributed by atoms with Gasteiger partial charge in [0.1, 0.15) is 0 Å². The molecular formula is C16H26N4. The molecule has 3 rings (SSSR count). The van der Waals surface area contributed by atoms with E-state index in [1.807, 2.05) is 13.2 Å². The first-order chi connectivity index (χ1) is 9.85. The van der Waals surface area contributed by atoms with Crippen molar-refractivity contribution in [2.45, 2.75) is 38.4 Å². The topological polar surface area (TPSA) is 31.4 Å². The minimum atomic E-state index is 0.793. The number of piperazine rings is 1. The van der Waals surface area contributed by atoms with Crippen molar-refractivity contribution >= 4 is 0 Å². The van der Waals surface area contributed by atoms with Crippen molar-refractivity contribution in [3.8, 4) is 0 Å². The Morgan fingerprint density at radius 2 is 2.20 bits per heavy atom. The van der Waals surface area contributed by atoms with E-state index in [4.69, 9.17) is 0 Å². The molecule has 0 aromatic carbocycles. The molecule has 2 fully saturated rings. The van der Waals surface area contributed by atoms with Crippen LogP contribution in [0.5, 0.6) is 0 Å². The molecule has 110 valence electrons. The number of fused-ring (bicyclic) bond motifs is 1. The van der Waals surface area contributed by atoms with Gasteiger partial charge in [0.05, 0.1) is 5.69 Å². The van der Waals surface area contributed by atoms with E-state index in [0.29, 0.717) is 0 Å². The molecule has 3 heterocycles. The van der Waals surface area contributed by atoms with Crippen LogP contribution in [0.4, 0.5) is 0 Å². The second-order valence-electron chi connectivity index (χ2n) is 6.11. The summed E-state index contributed by atoms with van der Waals surface area (Å²) >= 11 is 0. The monoisotopic (exact) mass is 274 g/mol. The van der Waals surface area contributed by atoms with E-state index in [9.17, 15) is 0 Å². The molecule has 0 aliphatic carbocycles. The average Bonchev–Trinajstić information content (AvgIpc) is 2.49. The number of pyridine rings is 1. The smallest absolute Gasteiger partial charge is 0.0544 e. The Hall–Kier alpha value is -0.970. The number of hydrogen-bond acceptors (Lipinski definition) is 4. The molecule has 1 N–H and O–H groups in total. The van der Waals surface area contributed by atoms with Crippen molar-refractivity contribution < 1.29 is 0 Å². The second kappa shape index (κ2) is 6.66. The molecule has 0 radical (unpaired) electrons. The molecule has 0 amide bonds. The van der Waals surface area contributed by atoms with Gasteiger partial charge in [-0.15, -0.1) is 0 Å². The summed E-state index contributed by atoms with van der Waals surface area (Å²) in [7, 11) is 1.97. The molecule has 1 aromatic heterocycles. The fourth-order valence-corrected chi connectivity index (χ4v) is 3.45. The van der Waals surface area contributed by atoms with E-state index < -0.39 is 0 Å². The van der Waals surface area contributed by atoms with Crippen LogP contribution in [0, 0.1) is 0 Å². The lowest BCUT2D eigenvalue weighted by Gasteiger charge is -2.44. The summed E-state index contributed by atoms with van der Waals surface area (Å²) in [6.45, 7) is 6.87. The highest BCUT2D eigenvalue weighted by atomic mass is 15.3. The van der Waals surface area contributed by atoms with Gasteiger partial charge in [0.15, 0.2) is 0 Å². The quantitative estimate of drug-likeness (QED) is 0.901. The molecule has 4 nitrogen and oxygen atoms in total. The molecule has 2 aliphatic rings. The van der Waals surface area contributed by atoms with Gasteiger partial charge in [-0.25, -0.2) is 0 Å². The van der Waals surface area contributed by atoms with E-state index in [1.165, 1.54) is 56.7 Å². The predicted molar refractivity (Wildman–Crippen MR) is 81.5 cm³/mol. The van der Waals surface area contributed by atoms with Gasteiger partial charge < -0.3 is 5.32 Å². The van der Waals surface area contributed by atoms with E-state index in [1.54, 1.807) is 0 Å². The highest BCUT2D eigenvalue weighted by Gasteiger charge is 2.28. The Kier molecular flexibility index (Phi) is 4.65. The zero-order valence-corrected chi connectivity index (χ0v) is 12.5. The maximum absolute atomic E-state index is 4.60. The van der Waals surface area contributed by atoms with Crippen molar-refractivity contribution in [2.24, 2.45) is 0 Å². The Labute approximate surface area is 122 Å². The molecule has 0 saturated carbocycles. The van der Waals surface area contributed by atoms with Crippen LogP contribution in [0.25, 0.3) is 0 Å². The third-order valence-electron chi connectivity index (χ3n) is 4.57. The fourth-order valence-electron chi connectivity index (χ4n) is 3.45. The first-order valence-corrected chi connectivity index (χ1v) is 7.90. The molecule has 0 spiro atoms. The van der Waals surface area contributed by atoms with Gasteiger partial charge in [0.2, 0.25) is 0 Å². The lowest BCUT2D eigenvalue weighted by atomic mass is 9.99. The Morgan fingerprint density at radius 1 is 1.25 bits per heavy atom. The summed E-state index contributed by atoms with van der Waals surface area (Å²) in [6, 6.07) is 5.16. The minimum Gasteiger partial charge on any atom is -0.316 e. The van der Waals surface area contributed by atoms with Gasteiger partial charge in [-0.05, 0) is 38.1 Å². The molecule has 0 bridgehead atoms. The van der Waals surface area contributed by atoms with E-state index in [2.05, 4.69) is 32.2 Å². The van der Waals surface area contributed by atoms with Gasteiger partial charge in [-0.1, -0.05) is 12.5 Å². The number of aromatic nitrogens is 1. The van der Waals surface area contributed by atoms with Gasteiger partial charge >= 0.3 is 0 Å². The van der Waals surface area contributed by atoms with Crippen LogP contribution in [0.15, 0.2) is 18.3 Å². The van der Waals surface area contributed by atoms with Crippen LogP contribution in [-0.4, -0.2) is 54.1 Å². The molecule has 1 atom stereocenters. The molecule has 2 saturated heterocycles. The molecule has 1 unspecified atom stereocenters. The van der Waals surface area contributed by atoms with Crippen LogP contribution < -0.4 is 5.32 Å². The summed E-state index contributed by atoms with van der Waals surface area (Å²) in [5.74, 6) is 0. The SMILES string of the molecule is CNCc1ccc(CN2CCN3CCCCC3C2)nc1. The van der Waals surface area contributed by atoms with Gasteiger partial charge in [0.25, 0.3) is 0 Å². The maximum atomic E-state index is 4.60. The second-order valence-corrected chi connectivity index (χ2v) is 6.11. The lowest BCUT2D eigenvalue weighted by Crippen LogP contribution is -2.54. The van der Waals surface area contributed by atoms with Crippen LogP contribution in [0.3, 0.4) is 0 Å². The summed E-state index contributed by atoms with van der Waals surface area (Å²) < 4.78 is 0. The predicted octanol–water partition coefficient (Wildman–Crippen LogP) is 1.47. The standard InChI is InChI=1S/C16H26N4/c1-17-10-14-5-6-15(18-11-14)12-19-8-9-20-7-3-2-4-16(20)13-19/h5-6,11,16-17H,2-4,7-10,12-13H2,1H3. The number of hydrogen-bond donors (Lipinski definition) is 1. The lowest BCUT2D eigenvalue weighted by molar-refractivity contribution is 0.0451. The molecule has 20 heavy (non-hydrogen) atoms. The van der Waals surface area contributed by atoms with Crippen LogP contribution >= 0.6 is 0 Å². The van der Waals surface area contributed by atoms with Crippen molar-refractivity contribution in [1.82, 2.24) is 20.1 Å². The minimum absolute atomic E-state index is 0.793. The Bertz CT molecular complexity index is 417. The van der Waals surface area contributed by atoms with Crippen molar-refractivity contribution in [1.29, 1.82) is 0 Å². The molecule has 2 aliphatic heterocycles. The molecule has 4 heteroatoms. The van der Waals surface area contributed by atoms with Crippen molar-refractivity contribution in [2.75, 3.05) is 33.2 Å². The van der Waals surface area contributed by atoms with Crippen LogP contribution in [0.1, 0.15) is 30.5 Å². The van der Waals surface area contributed by atoms with Crippen LogP contribution in [0.2, 0.25) is 0 Å². The van der Waals surface area contributed by atoms with Crippen molar-refractivity contribution in [3.63, 3.8) is 0 Å². The first kappa shape index (κ1) is 14.0. The van der Waals surface area contributed by atoms with E-state index in [-0.39, 0.29) is 0 Å². The highest BCUT2D eigenvalue weighted by molar-refractivity contribution is 5.14. The normalized spacial score (nSPS) is 24.6. The maximum Gasteiger partial charge on any atom is 0.0544 e. The van der Waals surface area contributed by atoms with E-state index >= 15 is 0 Å². The zero-order valence-electron chi connectivity index (χ0n) is 12.5. The molecular weight excluding hydrogens is 248 g/mol. The van der Waals surface area contributed by atoms with Gasteiger partial charge in [-0.2, -0.15) is 0 Å². The zero-order chi connectivity index (χ0) is 13.8. The van der Waals surface area contributed by atoms with Crippen molar-refractivity contribution in [3.05, 3.63) is 29.6 Å². The summed E-state index contributed by atoms with van der Waals surface area (Å²) in [5.41, 5.74) is 2.46. The third kappa shape index (κ3) is 3.37. The summed E-state index contributed by atoms with van der Waals surface area (Å²) in [4.78, 5) is 9.86. The Morgan fingerprint density at radius 3 is 3.00 bits per heavy atom. The summed E-state index contributed by atoms with van der Waals surface area (Å²) in [6.07, 6.45) is 6.19. The Balaban J connectivity index is 1.55. The number of nitrogens with one attached hydrogen (secondary N) is 1. The molecule has 1 aromatic rings. The highest BCUT2D eigenvalue weighted by Crippen LogP contribution is 2.21. The fraction of sp³-hybridized carbons (Fsp3) is 0.688. The third-order valence-corrected chi connectivity index (χ3v) is 4.57. The van der Waals surface area contributed by atoms with E-state index in [0.717, 1.165) is 19.1 Å². The average molecular weight is 274 g/mol. The summed E-state index contributed by atoms with van der Waals surface area (Å²) in [5, 5.41) is 3.16. The van der Waals surface area contributed by atoms with Gasteiger partial charge in [-0.3, -0.25) is 14.8 Å². The largest absolute Gasteiger partial charge is 0.316 e. The van der Waals surface area contributed by atoms with Crippen LogP contribution in [-0.2, 0) is 13.1 Å². The number of nitrogens with zero attached hydrogens (tertiary/aromatic N) is 3. The number of rotatable bonds is 4. The number of piperidine rings is 1. The first-order valence-electron chi connectivity index (χ1n) is 7.90. The van der Waals surface area contributed by atoms with Gasteiger partial charge in [0, 0.05) is 45.0 Å².